The van der Waals surface area contributed by atoms with Crippen molar-refractivity contribution in [2.75, 3.05) is 19.0 Å². The van der Waals surface area contributed by atoms with Crippen LogP contribution in [0.3, 0.4) is 0 Å². The van der Waals surface area contributed by atoms with Crippen molar-refractivity contribution in [3.05, 3.63) is 28.7 Å². The maximum absolute atomic E-state index is 11.5. The van der Waals surface area contributed by atoms with Crippen molar-refractivity contribution in [3.63, 3.8) is 0 Å². The minimum absolute atomic E-state index is 0.0165. The predicted molar refractivity (Wildman–Crippen MR) is 67.6 cm³/mol. The van der Waals surface area contributed by atoms with Crippen LogP contribution in [-0.4, -0.2) is 25.8 Å². The van der Waals surface area contributed by atoms with Gasteiger partial charge in [0.15, 0.2) is 0 Å². The molecule has 5 heteroatoms. The van der Waals surface area contributed by atoms with Crippen molar-refractivity contribution in [1.82, 2.24) is 5.32 Å². The molecule has 16 heavy (non-hydrogen) atoms. The van der Waals surface area contributed by atoms with Gasteiger partial charge in [0, 0.05) is 17.3 Å². The highest BCUT2D eigenvalue weighted by atomic mass is 79.9. The van der Waals surface area contributed by atoms with E-state index in [4.69, 9.17) is 4.74 Å². The molecule has 2 N–H and O–H groups in total. The smallest absolute Gasteiger partial charge is 0.319 e. The van der Waals surface area contributed by atoms with E-state index in [0.717, 1.165) is 10.2 Å². The summed E-state index contributed by atoms with van der Waals surface area (Å²) in [6.07, 6.45) is 0. The van der Waals surface area contributed by atoms with E-state index in [1.54, 1.807) is 7.11 Å². The van der Waals surface area contributed by atoms with Crippen molar-refractivity contribution in [2.45, 2.75) is 13.0 Å². The Bertz CT molecular complexity index is 358. The first kappa shape index (κ1) is 13.0. The second-order valence-electron chi connectivity index (χ2n) is 3.47. The van der Waals surface area contributed by atoms with Crippen LogP contribution < -0.4 is 10.6 Å². The molecule has 0 aliphatic heterocycles. The highest BCUT2D eigenvalue weighted by Gasteiger charge is 2.06. The lowest BCUT2D eigenvalue weighted by atomic mass is 10.3. The molecule has 0 heterocycles. The fourth-order valence-corrected chi connectivity index (χ4v) is 1.65. The number of carbonyl (C=O) groups is 1. The number of hydrogen-bond acceptors (Lipinski definition) is 2. The van der Waals surface area contributed by atoms with Crippen molar-refractivity contribution in [1.29, 1.82) is 0 Å². The molecule has 2 amide bonds. The van der Waals surface area contributed by atoms with Gasteiger partial charge in [-0.3, -0.25) is 0 Å². The Kier molecular flexibility index (Phi) is 5.28. The van der Waals surface area contributed by atoms with E-state index in [2.05, 4.69) is 26.6 Å². The molecule has 1 unspecified atom stereocenters. The molecule has 88 valence electrons. The Morgan fingerprint density at radius 1 is 1.56 bits per heavy atom. The maximum Gasteiger partial charge on any atom is 0.319 e. The summed E-state index contributed by atoms with van der Waals surface area (Å²) >= 11 is 3.34. The number of carbonyl (C=O) groups excluding carboxylic acids is 1. The van der Waals surface area contributed by atoms with Crippen molar-refractivity contribution < 1.29 is 9.53 Å². The summed E-state index contributed by atoms with van der Waals surface area (Å²) in [4.78, 5) is 11.5. The molecule has 1 atom stereocenters. The van der Waals surface area contributed by atoms with Crippen LogP contribution >= 0.6 is 15.9 Å². The van der Waals surface area contributed by atoms with E-state index in [0.29, 0.717) is 6.61 Å². The molecule has 0 bridgehead atoms. The fourth-order valence-electron chi connectivity index (χ4n) is 1.25. The standard InChI is InChI=1S/C11H15BrN2O2/c1-8(7-16-2)13-11(15)14-10-5-3-4-9(12)6-10/h3-6,8H,7H2,1-2H3,(H2,13,14,15). The van der Waals surface area contributed by atoms with E-state index >= 15 is 0 Å². The van der Waals surface area contributed by atoms with E-state index in [1.807, 2.05) is 31.2 Å². The summed E-state index contributed by atoms with van der Waals surface area (Å²) in [7, 11) is 1.60. The number of hydrogen-bond donors (Lipinski definition) is 2. The number of ether oxygens (including phenoxy) is 1. The summed E-state index contributed by atoms with van der Waals surface area (Å²) in [5.41, 5.74) is 0.747. The van der Waals surface area contributed by atoms with Gasteiger partial charge in [0.1, 0.15) is 0 Å². The van der Waals surface area contributed by atoms with E-state index < -0.39 is 0 Å². The maximum atomic E-state index is 11.5. The van der Waals surface area contributed by atoms with E-state index in [1.165, 1.54) is 0 Å². The third-order valence-corrected chi connectivity index (χ3v) is 2.37. The molecule has 0 radical (unpaired) electrons. The Labute approximate surface area is 103 Å². The summed E-state index contributed by atoms with van der Waals surface area (Å²) < 4.78 is 5.85. The van der Waals surface area contributed by atoms with Gasteiger partial charge >= 0.3 is 6.03 Å². The van der Waals surface area contributed by atoms with Gasteiger partial charge in [-0.2, -0.15) is 0 Å². The quantitative estimate of drug-likeness (QED) is 0.894. The first-order valence-electron chi connectivity index (χ1n) is 4.94. The topological polar surface area (TPSA) is 50.4 Å². The van der Waals surface area contributed by atoms with E-state index in [-0.39, 0.29) is 12.1 Å². The minimum Gasteiger partial charge on any atom is -0.383 e. The molecular weight excluding hydrogens is 272 g/mol. The Hall–Kier alpha value is -1.07. The van der Waals surface area contributed by atoms with Crippen LogP contribution in [0.15, 0.2) is 28.7 Å². The monoisotopic (exact) mass is 286 g/mol. The number of rotatable bonds is 4. The lowest BCUT2D eigenvalue weighted by Gasteiger charge is -2.13. The number of benzene rings is 1. The van der Waals surface area contributed by atoms with Gasteiger partial charge in [0.05, 0.1) is 12.6 Å². The molecule has 0 saturated heterocycles. The molecule has 0 aliphatic rings. The number of halogens is 1. The summed E-state index contributed by atoms with van der Waals surface area (Å²) in [6.45, 7) is 2.37. The average Bonchev–Trinajstić information content (AvgIpc) is 2.17. The van der Waals surface area contributed by atoms with Gasteiger partial charge in [-0.15, -0.1) is 0 Å². The van der Waals surface area contributed by atoms with Crippen LogP contribution in [0.25, 0.3) is 0 Å². The van der Waals surface area contributed by atoms with Crippen LogP contribution in [0.4, 0.5) is 10.5 Å². The third kappa shape index (κ3) is 4.63. The van der Waals surface area contributed by atoms with Crippen molar-refractivity contribution in [2.24, 2.45) is 0 Å². The first-order chi connectivity index (χ1) is 7.61. The number of amides is 2. The summed E-state index contributed by atoms with van der Waals surface area (Å²) in [5, 5.41) is 5.49. The Morgan fingerprint density at radius 2 is 2.31 bits per heavy atom. The molecule has 4 nitrogen and oxygen atoms in total. The van der Waals surface area contributed by atoms with Gasteiger partial charge in [0.25, 0.3) is 0 Å². The third-order valence-electron chi connectivity index (χ3n) is 1.88. The van der Waals surface area contributed by atoms with Crippen LogP contribution in [0.1, 0.15) is 6.92 Å². The lowest BCUT2D eigenvalue weighted by molar-refractivity contribution is 0.173. The lowest BCUT2D eigenvalue weighted by Crippen LogP contribution is -2.38. The molecule has 1 aromatic carbocycles. The molecule has 1 aromatic rings. The molecular formula is C11H15BrN2O2. The zero-order valence-electron chi connectivity index (χ0n) is 9.29. The van der Waals surface area contributed by atoms with E-state index in [9.17, 15) is 4.79 Å². The highest BCUT2D eigenvalue weighted by molar-refractivity contribution is 9.10. The first-order valence-corrected chi connectivity index (χ1v) is 5.73. The van der Waals surface area contributed by atoms with Gasteiger partial charge in [-0.1, -0.05) is 22.0 Å². The second-order valence-corrected chi connectivity index (χ2v) is 4.38. The number of urea groups is 1. The van der Waals surface area contributed by atoms with Gasteiger partial charge in [-0.05, 0) is 25.1 Å². The van der Waals surface area contributed by atoms with Crippen LogP contribution in [0.2, 0.25) is 0 Å². The van der Waals surface area contributed by atoms with Crippen LogP contribution in [0, 0.1) is 0 Å². The molecule has 0 spiro atoms. The average molecular weight is 287 g/mol. The Morgan fingerprint density at radius 3 is 2.94 bits per heavy atom. The summed E-state index contributed by atoms with van der Waals surface area (Å²) in [5.74, 6) is 0. The van der Waals surface area contributed by atoms with Gasteiger partial charge in [0.2, 0.25) is 0 Å². The molecule has 0 saturated carbocycles. The minimum atomic E-state index is -0.234. The molecule has 0 fully saturated rings. The normalized spacial score (nSPS) is 11.9. The number of anilines is 1. The number of nitrogens with one attached hydrogen (secondary N) is 2. The van der Waals surface area contributed by atoms with Gasteiger partial charge < -0.3 is 15.4 Å². The summed E-state index contributed by atoms with van der Waals surface area (Å²) in [6, 6.07) is 7.17. The molecule has 1 rings (SSSR count). The zero-order chi connectivity index (χ0) is 12.0. The van der Waals surface area contributed by atoms with Crippen LogP contribution in [-0.2, 0) is 4.74 Å². The number of methoxy groups -OCH3 is 1. The van der Waals surface area contributed by atoms with Gasteiger partial charge in [-0.25, -0.2) is 4.79 Å². The molecule has 0 aromatic heterocycles. The Balaban J connectivity index is 2.45. The zero-order valence-corrected chi connectivity index (χ0v) is 10.9. The molecule has 0 aliphatic carbocycles. The largest absolute Gasteiger partial charge is 0.383 e. The predicted octanol–water partition coefficient (Wildman–Crippen LogP) is 2.61. The van der Waals surface area contributed by atoms with Crippen molar-refractivity contribution in [3.8, 4) is 0 Å². The fraction of sp³-hybridized carbons (Fsp3) is 0.364. The van der Waals surface area contributed by atoms with Crippen molar-refractivity contribution >= 4 is 27.6 Å². The van der Waals surface area contributed by atoms with Crippen LogP contribution in [0.5, 0.6) is 0 Å². The second kappa shape index (κ2) is 6.50. The highest BCUT2D eigenvalue weighted by Crippen LogP contribution is 2.15. The SMILES string of the molecule is COCC(C)NC(=O)Nc1cccc(Br)c1.